The van der Waals surface area contributed by atoms with E-state index >= 15 is 0 Å². The van der Waals surface area contributed by atoms with Crippen LogP contribution in [0.4, 0.5) is 0 Å². The lowest BCUT2D eigenvalue weighted by atomic mass is 10.1. The van der Waals surface area contributed by atoms with Crippen molar-refractivity contribution in [1.82, 2.24) is 0 Å². The number of carbonyl (C=O) groups excluding carboxylic acids is 2. The van der Waals surface area contributed by atoms with Crippen molar-refractivity contribution in [3.05, 3.63) is 0 Å². The standard InChI is InChI=1S/C12H20O3/c1-6-11(2,3)15-10(14)9-8(7-13)12(9,4)5/h7-9H,6H2,1-5H3/t8-,9-/m0/s1. The maximum absolute atomic E-state index is 11.8. The first kappa shape index (κ1) is 12.2. The van der Waals surface area contributed by atoms with Crippen LogP contribution in [0.25, 0.3) is 0 Å². The van der Waals surface area contributed by atoms with E-state index in [1.807, 2.05) is 34.6 Å². The predicted molar refractivity (Wildman–Crippen MR) is 57.3 cm³/mol. The van der Waals surface area contributed by atoms with Crippen LogP contribution in [0.5, 0.6) is 0 Å². The van der Waals surface area contributed by atoms with Crippen molar-refractivity contribution in [2.75, 3.05) is 0 Å². The first-order valence-corrected chi connectivity index (χ1v) is 5.44. The number of hydrogen-bond donors (Lipinski definition) is 0. The summed E-state index contributed by atoms with van der Waals surface area (Å²) in [6, 6.07) is 0. The van der Waals surface area contributed by atoms with Crippen molar-refractivity contribution in [2.45, 2.75) is 46.6 Å². The molecule has 3 heteroatoms. The van der Waals surface area contributed by atoms with E-state index in [-0.39, 0.29) is 23.2 Å². The molecule has 1 saturated carbocycles. The number of ether oxygens (including phenoxy) is 1. The molecule has 1 aliphatic rings. The van der Waals surface area contributed by atoms with Crippen LogP contribution >= 0.6 is 0 Å². The topological polar surface area (TPSA) is 43.4 Å². The van der Waals surface area contributed by atoms with Gasteiger partial charge in [0.25, 0.3) is 0 Å². The fourth-order valence-corrected chi connectivity index (χ4v) is 1.79. The van der Waals surface area contributed by atoms with E-state index in [4.69, 9.17) is 4.74 Å². The second kappa shape index (κ2) is 3.62. The molecule has 1 rings (SSSR count). The minimum atomic E-state index is -0.427. The number of rotatable bonds is 4. The van der Waals surface area contributed by atoms with E-state index < -0.39 is 5.60 Å². The molecule has 2 atom stereocenters. The van der Waals surface area contributed by atoms with Gasteiger partial charge in [0.1, 0.15) is 11.9 Å². The van der Waals surface area contributed by atoms with Crippen molar-refractivity contribution in [3.63, 3.8) is 0 Å². The third-order valence-corrected chi connectivity index (χ3v) is 3.54. The Labute approximate surface area is 91.2 Å². The third-order valence-electron chi connectivity index (χ3n) is 3.54. The highest BCUT2D eigenvalue weighted by atomic mass is 16.6. The molecule has 1 fully saturated rings. The molecule has 0 amide bonds. The van der Waals surface area contributed by atoms with Gasteiger partial charge in [0.15, 0.2) is 0 Å². The summed E-state index contributed by atoms with van der Waals surface area (Å²) < 4.78 is 5.38. The molecule has 0 aliphatic heterocycles. The second-order valence-corrected chi connectivity index (χ2v) is 5.50. The molecule has 0 heterocycles. The zero-order valence-corrected chi connectivity index (χ0v) is 10.2. The summed E-state index contributed by atoms with van der Waals surface area (Å²) in [6.45, 7) is 9.60. The van der Waals surface area contributed by atoms with E-state index in [2.05, 4.69) is 0 Å². The smallest absolute Gasteiger partial charge is 0.310 e. The Balaban J connectivity index is 2.62. The molecule has 0 aromatic rings. The summed E-state index contributed by atoms with van der Waals surface area (Å²) in [7, 11) is 0. The second-order valence-electron chi connectivity index (χ2n) is 5.50. The van der Waals surface area contributed by atoms with Gasteiger partial charge in [-0.25, -0.2) is 0 Å². The van der Waals surface area contributed by atoms with Crippen LogP contribution in [0.2, 0.25) is 0 Å². The Hall–Kier alpha value is -0.860. The molecule has 3 nitrogen and oxygen atoms in total. The molecule has 15 heavy (non-hydrogen) atoms. The van der Waals surface area contributed by atoms with Gasteiger partial charge in [0.05, 0.1) is 5.92 Å². The SMILES string of the molecule is CCC(C)(C)OC(=O)[C@@H]1[C@H](C=O)C1(C)C. The fourth-order valence-electron chi connectivity index (χ4n) is 1.79. The number of carbonyl (C=O) groups is 2. The third kappa shape index (κ3) is 2.21. The van der Waals surface area contributed by atoms with Crippen molar-refractivity contribution < 1.29 is 14.3 Å². The fraction of sp³-hybridized carbons (Fsp3) is 0.833. The first-order valence-electron chi connectivity index (χ1n) is 5.44. The molecule has 0 saturated heterocycles. The van der Waals surface area contributed by atoms with Crippen molar-refractivity contribution >= 4 is 12.3 Å². The molecular formula is C12H20O3. The molecule has 0 radical (unpaired) electrons. The molecule has 0 N–H and O–H groups in total. The summed E-state index contributed by atoms with van der Waals surface area (Å²) in [5, 5.41) is 0. The summed E-state index contributed by atoms with van der Waals surface area (Å²) in [5.41, 5.74) is -0.647. The first-order chi connectivity index (χ1) is 6.76. The lowest BCUT2D eigenvalue weighted by Crippen LogP contribution is -2.28. The molecule has 0 spiro atoms. The van der Waals surface area contributed by atoms with Gasteiger partial charge >= 0.3 is 5.97 Å². The maximum atomic E-state index is 11.8. The van der Waals surface area contributed by atoms with E-state index in [9.17, 15) is 9.59 Å². The molecule has 0 bridgehead atoms. The largest absolute Gasteiger partial charge is 0.459 e. The van der Waals surface area contributed by atoms with Gasteiger partial charge in [-0.15, -0.1) is 0 Å². The van der Waals surface area contributed by atoms with Crippen LogP contribution in [0.15, 0.2) is 0 Å². The van der Waals surface area contributed by atoms with E-state index in [1.165, 1.54) is 0 Å². The van der Waals surface area contributed by atoms with Gasteiger partial charge in [-0.05, 0) is 25.7 Å². The monoisotopic (exact) mass is 212 g/mol. The lowest BCUT2D eigenvalue weighted by Gasteiger charge is -2.23. The summed E-state index contributed by atoms with van der Waals surface area (Å²) in [5.74, 6) is -0.651. The van der Waals surface area contributed by atoms with Crippen LogP contribution in [0.3, 0.4) is 0 Å². The van der Waals surface area contributed by atoms with E-state index in [0.717, 1.165) is 12.7 Å². The average molecular weight is 212 g/mol. The van der Waals surface area contributed by atoms with Gasteiger partial charge in [-0.1, -0.05) is 20.8 Å². The van der Waals surface area contributed by atoms with Crippen LogP contribution in [-0.2, 0) is 14.3 Å². The lowest BCUT2D eigenvalue weighted by molar-refractivity contribution is -0.159. The number of hydrogen-bond acceptors (Lipinski definition) is 3. The Kier molecular flexibility index (Phi) is 2.94. The van der Waals surface area contributed by atoms with Crippen LogP contribution in [-0.4, -0.2) is 17.9 Å². The van der Waals surface area contributed by atoms with Crippen molar-refractivity contribution in [1.29, 1.82) is 0 Å². The molecule has 0 aromatic carbocycles. The Bertz CT molecular complexity index is 279. The van der Waals surface area contributed by atoms with Gasteiger partial charge in [0, 0.05) is 5.92 Å². The van der Waals surface area contributed by atoms with Gasteiger partial charge < -0.3 is 9.53 Å². The normalized spacial score (nSPS) is 28.3. The minimum absolute atomic E-state index is 0.169. The molecular weight excluding hydrogens is 192 g/mol. The van der Waals surface area contributed by atoms with Crippen LogP contribution in [0, 0.1) is 17.3 Å². The zero-order valence-electron chi connectivity index (χ0n) is 10.2. The zero-order chi connectivity index (χ0) is 11.9. The Morgan fingerprint density at radius 2 is 2.00 bits per heavy atom. The summed E-state index contributed by atoms with van der Waals surface area (Å²) >= 11 is 0. The van der Waals surface area contributed by atoms with Gasteiger partial charge in [0.2, 0.25) is 0 Å². The molecule has 0 unspecified atom stereocenters. The number of esters is 1. The molecule has 1 aliphatic carbocycles. The predicted octanol–water partition coefficient (Wildman–Crippen LogP) is 2.19. The van der Waals surface area contributed by atoms with Crippen LogP contribution < -0.4 is 0 Å². The highest BCUT2D eigenvalue weighted by molar-refractivity contribution is 5.84. The van der Waals surface area contributed by atoms with E-state index in [0.29, 0.717) is 0 Å². The van der Waals surface area contributed by atoms with Gasteiger partial charge in [-0.2, -0.15) is 0 Å². The summed E-state index contributed by atoms with van der Waals surface area (Å²) in [4.78, 5) is 22.5. The average Bonchev–Trinajstić information content (AvgIpc) is 2.67. The van der Waals surface area contributed by atoms with Crippen molar-refractivity contribution in [2.24, 2.45) is 17.3 Å². The minimum Gasteiger partial charge on any atom is -0.459 e. The van der Waals surface area contributed by atoms with Crippen molar-refractivity contribution in [3.8, 4) is 0 Å². The quantitative estimate of drug-likeness (QED) is 0.530. The van der Waals surface area contributed by atoms with Gasteiger partial charge in [-0.3, -0.25) is 4.79 Å². The molecule has 0 aromatic heterocycles. The maximum Gasteiger partial charge on any atom is 0.310 e. The molecule has 86 valence electrons. The Morgan fingerprint density at radius 3 is 2.33 bits per heavy atom. The summed E-state index contributed by atoms with van der Waals surface area (Å²) in [6.07, 6.45) is 1.64. The van der Waals surface area contributed by atoms with E-state index in [1.54, 1.807) is 0 Å². The highest BCUT2D eigenvalue weighted by Gasteiger charge is 2.63. The highest BCUT2D eigenvalue weighted by Crippen LogP contribution is 2.57. The van der Waals surface area contributed by atoms with Crippen LogP contribution in [0.1, 0.15) is 41.0 Å². The Morgan fingerprint density at radius 1 is 1.47 bits per heavy atom. The number of aldehydes is 1.